The minimum atomic E-state index is -0.327. The molecule has 0 saturated carbocycles. The number of carbonyl (C=O) groups excluding carboxylic acids is 1. The van der Waals surface area contributed by atoms with E-state index in [2.05, 4.69) is 20.5 Å². The molecular weight excluding hydrogens is 252 g/mol. The van der Waals surface area contributed by atoms with Gasteiger partial charge in [0.05, 0.1) is 5.52 Å². The van der Waals surface area contributed by atoms with Gasteiger partial charge in [-0.05, 0) is 17.7 Å². The van der Waals surface area contributed by atoms with Crippen LogP contribution in [0.4, 0.5) is 0 Å². The monoisotopic (exact) mass is 264 g/mol. The highest BCUT2D eigenvalue weighted by Crippen LogP contribution is 2.06. The molecule has 5 nitrogen and oxygen atoms in total. The van der Waals surface area contributed by atoms with Crippen LogP contribution in [0.15, 0.2) is 54.6 Å². The van der Waals surface area contributed by atoms with E-state index >= 15 is 0 Å². The number of hydrogen-bond donors (Lipinski definition) is 1. The molecule has 0 aliphatic heterocycles. The molecule has 0 spiro atoms. The predicted octanol–water partition coefficient (Wildman–Crippen LogP) is 1.95. The third kappa shape index (κ3) is 2.61. The van der Waals surface area contributed by atoms with Gasteiger partial charge in [-0.2, -0.15) is 0 Å². The van der Waals surface area contributed by atoms with Gasteiger partial charge in [0.15, 0.2) is 0 Å². The second-order valence-corrected chi connectivity index (χ2v) is 4.29. The lowest BCUT2D eigenvalue weighted by molar-refractivity contribution is 0.0939. The van der Waals surface area contributed by atoms with Gasteiger partial charge in [-0.3, -0.25) is 4.79 Å². The van der Waals surface area contributed by atoms with Crippen LogP contribution >= 0.6 is 0 Å². The largest absolute Gasteiger partial charge is 0.345 e. The van der Waals surface area contributed by atoms with Crippen molar-refractivity contribution in [2.45, 2.75) is 6.54 Å². The first kappa shape index (κ1) is 12.2. The molecule has 3 rings (SSSR count). The smallest absolute Gasteiger partial charge is 0.291 e. The standard InChI is InChI=1S/C15H12N4O/c20-15(16-10-11-6-2-1-3-7-11)14-17-12-8-4-5-9-13(12)18-19-14/h1-9H,10H2,(H,16,20). The van der Waals surface area contributed by atoms with Crippen molar-refractivity contribution in [2.24, 2.45) is 0 Å². The van der Waals surface area contributed by atoms with Gasteiger partial charge in [-0.1, -0.05) is 42.5 Å². The predicted molar refractivity (Wildman–Crippen MR) is 74.9 cm³/mol. The van der Waals surface area contributed by atoms with E-state index in [1.165, 1.54) is 0 Å². The van der Waals surface area contributed by atoms with Crippen molar-refractivity contribution in [1.82, 2.24) is 20.5 Å². The zero-order valence-corrected chi connectivity index (χ0v) is 10.7. The number of aromatic nitrogens is 3. The maximum atomic E-state index is 12.0. The lowest BCUT2D eigenvalue weighted by Crippen LogP contribution is -2.25. The van der Waals surface area contributed by atoms with Crippen LogP contribution in [0.3, 0.4) is 0 Å². The van der Waals surface area contributed by atoms with E-state index < -0.39 is 0 Å². The number of benzene rings is 2. The quantitative estimate of drug-likeness (QED) is 0.785. The fourth-order valence-corrected chi connectivity index (χ4v) is 1.83. The molecule has 3 aromatic rings. The maximum Gasteiger partial charge on any atom is 0.291 e. The third-order valence-electron chi connectivity index (χ3n) is 2.86. The van der Waals surface area contributed by atoms with E-state index in [0.29, 0.717) is 17.6 Å². The first-order valence-electron chi connectivity index (χ1n) is 6.24. The average Bonchev–Trinajstić information content (AvgIpc) is 2.53. The van der Waals surface area contributed by atoms with Crippen LogP contribution in [0.5, 0.6) is 0 Å². The highest BCUT2D eigenvalue weighted by molar-refractivity contribution is 5.91. The maximum absolute atomic E-state index is 12.0. The molecule has 1 amide bonds. The molecule has 0 unspecified atom stereocenters. The number of hydrogen-bond acceptors (Lipinski definition) is 4. The van der Waals surface area contributed by atoms with E-state index in [-0.39, 0.29) is 11.7 Å². The summed E-state index contributed by atoms with van der Waals surface area (Å²) >= 11 is 0. The number of rotatable bonds is 3. The zero-order valence-electron chi connectivity index (χ0n) is 10.7. The first-order chi connectivity index (χ1) is 9.83. The minimum Gasteiger partial charge on any atom is -0.345 e. The highest BCUT2D eigenvalue weighted by atomic mass is 16.2. The minimum absolute atomic E-state index is 0.0830. The fraction of sp³-hybridized carbons (Fsp3) is 0.0667. The summed E-state index contributed by atoms with van der Waals surface area (Å²) in [6.45, 7) is 0.440. The van der Waals surface area contributed by atoms with Crippen LogP contribution in [0.2, 0.25) is 0 Å². The molecule has 2 aromatic carbocycles. The molecule has 0 atom stereocenters. The Kier molecular flexibility index (Phi) is 3.33. The van der Waals surface area contributed by atoms with Crippen LogP contribution in [0.25, 0.3) is 11.0 Å². The number of nitrogens with one attached hydrogen (secondary N) is 1. The summed E-state index contributed by atoms with van der Waals surface area (Å²) in [5.41, 5.74) is 2.36. The summed E-state index contributed by atoms with van der Waals surface area (Å²) in [4.78, 5) is 16.2. The van der Waals surface area contributed by atoms with Crippen LogP contribution < -0.4 is 5.32 Å². The Labute approximate surface area is 115 Å². The van der Waals surface area contributed by atoms with Gasteiger partial charge in [0, 0.05) is 6.54 Å². The van der Waals surface area contributed by atoms with Crippen molar-refractivity contribution in [3.8, 4) is 0 Å². The van der Waals surface area contributed by atoms with Crippen molar-refractivity contribution >= 4 is 16.9 Å². The SMILES string of the molecule is O=C(NCc1ccccc1)c1nnc2ccccc2n1. The molecule has 5 heteroatoms. The van der Waals surface area contributed by atoms with E-state index in [1.807, 2.05) is 42.5 Å². The van der Waals surface area contributed by atoms with Crippen molar-refractivity contribution < 1.29 is 4.79 Å². The second kappa shape index (κ2) is 5.44. The lowest BCUT2D eigenvalue weighted by Gasteiger charge is -2.04. The third-order valence-corrected chi connectivity index (χ3v) is 2.86. The zero-order chi connectivity index (χ0) is 13.8. The van der Waals surface area contributed by atoms with Gasteiger partial charge in [-0.15, -0.1) is 10.2 Å². The van der Waals surface area contributed by atoms with Crippen LogP contribution in [0, 0.1) is 0 Å². The van der Waals surface area contributed by atoms with E-state index in [0.717, 1.165) is 5.56 Å². The van der Waals surface area contributed by atoms with E-state index in [9.17, 15) is 4.79 Å². The molecule has 0 radical (unpaired) electrons. The number of nitrogens with zero attached hydrogens (tertiary/aromatic N) is 3. The van der Waals surface area contributed by atoms with Crippen molar-refractivity contribution in [3.05, 3.63) is 66.0 Å². The molecule has 0 aliphatic rings. The fourth-order valence-electron chi connectivity index (χ4n) is 1.83. The first-order valence-corrected chi connectivity index (χ1v) is 6.24. The van der Waals surface area contributed by atoms with Crippen LogP contribution in [-0.4, -0.2) is 21.1 Å². The number of carbonyl (C=O) groups is 1. The molecule has 1 heterocycles. The summed E-state index contributed by atoms with van der Waals surface area (Å²) in [6, 6.07) is 17.0. The van der Waals surface area contributed by atoms with Gasteiger partial charge in [-0.25, -0.2) is 4.98 Å². The number of para-hydroxylation sites is 1. The summed E-state index contributed by atoms with van der Waals surface area (Å²) in [6.07, 6.45) is 0. The van der Waals surface area contributed by atoms with Crippen molar-refractivity contribution in [1.29, 1.82) is 0 Å². The summed E-state index contributed by atoms with van der Waals surface area (Å²) in [5, 5.41) is 10.6. The molecule has 0 aliphatic carbocycles. The summed E-state index contributed by atoms with van der Waals surface area (Å²) < 4.78 is 0. The Bertz CT molecular complexity index is 743. The summed E-state index contributed by atoms with van der Waals surface area (Å²) in [5.74, 6) is -0.244. The molecule has 0 saturated heterocycles. The number of fused-ring (bicyclic) bond motifs is 1. The van der Waals surface area contributed by atoms with Gasteiger partial charge in [0.25, 0.3) is 5.91 Å². The molecule has 20 heavy (non-hydrogen) atoms. The molecule has 0 bridgehead atoms. The lowest BCUT2D eigenvalue weighted by atomic mass is 10.2. The second-order valence-electron chi connectivity index (χ2n) is 4.29. The topological polar surface area (TPSA) is 67.8 Å². The normalized spacial score (nSPS) is 10.4. The van der Waals surface area contributed by atoms with Crippen LogP contribution in [0.1, 0.15) is 16.2 Å². The van der Waals surface area contributed by atoms with Gasteiger partial charge in [0.1, 0.15) is 5.52 Å². The Morgan fingerprint density at radius 2 is 1.60 bits per heavy atom. The Morgan fingerprint density at radius 3 is 2.40 bits per heavy atom. The average molecular weight is 264 g/mol. The van der Waals surface area contributed by atoms with E-state index in [1.54, 1.807) is 12.1 Å². The van der Waals surface area contributed by atoms with Gasteiger partial charge in [0.2, 0.25) is 5.82 Å². The highest BCUT2D eigenvalue weighted by Gasteiger charge is 2.10. The van der Waals surface area contributed by atoms with Crippen molar-refractivity contribution in [2.75, 3.05) is 0 Å². The number of amides is 1. The molecular formula is C15H12N4O. The van der Waals surface area contributed by atoms with Crippen molar-refractivity contribution in [3.63, 3.8) is 0 Å². The Morgan fingerprint density at radius 1 is 0.900 bits per heavy atom. The molecule has 1 N–H and O–H groups in total. The van der Waals surface area contributed by atoms with E-state index in [4.69, 9.17) is 0 Å². The molecule has 98 valence electrons. The summed E-state index contributed by atoms with van der Waals surface area (Å²) in [7, 11) is 0. The van der Waals surface area contributed by atoms with Gasteiger partial charge < -0.3 is 5.32 Å². The van der Waals surface area contributed by atoms with Gasteiger partial charge >= 0.3 is 0 Å². The Hall–Kier alpha value is -2.82. The Balaban J connectivity index is 1.75. The van der Waals surface area contributed by atoms with Crippen LogP contribution in [-0.2, 0) is 6.54 Å². The molecule has 1 aromatic heterocycles. The molecule has 0 fully saturated rings.